The molecule has 0 aliphatic heterocycles. The van der Waals surface area contributed by atoms with Crippen LogP contribution in [0.3, 0.4) is 0 Å². The number of rotatable bonds is 12. The van der Waals surface area contributed by atoms with Crippen LogP contribution in [0.2, 0.25) is 0 Å². The Hall–Kier alpha value is -3.96. The van der Waals surface area contributed by atoms with Crippen LogP contribution in [0.25, 0.3) is 0 Å². The minimum absolute atomic E-state index is 0.337. The summed E-state index contributed by atoms with van der Waals surface area (Å²) in [6.07, 6.45) is -6.77. The molecule has 0 aromatic carbocycles. The summed E-state index contributed by atoms with van der Waals surface area (Å²) in [5.74, 6) is -9.67. The van der Waals surface area contributed by atoms with E-state index in [2.05, 4.69) is 10.6 Å². The van der Waals surface area contributed by atoms with Crippen molar-refractivity contribution in [3.8, 4) is 0 Å². The Morgan fingerprint density at radius 1 is 0.794 bits per heavy atom. The highest BCUT2D eigenvalue weighted by molar-refractivity contribution is 5.95. The second kappa shape index (κ2) is 15.0. The second-order valence-corrected chi connectivity index (χ2v) is 6.36. The minimum Gasteiger partial charge on any atom is -0.481 e. The van der Waals surface area contributed by atoms with E-state index in [-0.39, 0.29) is 6.42 Å². The Balaban J connectivity index is 0. The molecule has 0 aliphatic rings. The van der Waals surface area contributed by atoms with E-state index >= 15 is 0 Å². The highest BCUT2D eigenvalue weighted by Crippen LogP contribution is 2.13. The molecule has 0 saturated carbocycles. The van der Waals surface area contributed by atoms with Crippen LogP contribution in [-0.4, -0.2) is 92.9 Å². The van der Waals surface area contributed by atoms with E-state index in [1.807, 2.05) is 5.32 Å². The number of aliphatic carboxylic acids is 4. The van der Waals surface area contributed by atoms with Gasteiger partial charge in [-0.15, -0.1) is 0 Å². The van der Waals surface area contributed by atoms with Crippen molar-refractivity contribution in [2.45, 2.75) is 50.5 Å². The van der Waals surface area contributed by atoms with Crippen molar-refractivity contribution in [2.75, 3.05) is 6.54 Å². The summed E-state index contributed by atoms with van der Waals surface area (Å²) < 4.78 is 31.7. The van der Waals surface area contributed by atoms with Crippen LogP contribution in [0.15, 0.2) is 0 Å². The number of halogens is 3. The molecule has 0 aromatic heterocycles. The summed E-state index contributed by atoms with van der Waals surface area (Å²) in [4.78, 5) is 76.8. The number of carboxylic acid groups (broad SMARTS) is 4. The predicted octanol–water partition coefficient (Wildman–Crippen LogP) is -2.52. The van der Waals surface area contributed by atoms with E-state index < -0.39 is 85.3 Å². The Morgan fingerprint density at radius 3 is 1.62 bits per heavy atom. The molecule has 0 unspecified atom stereocenters. The number of amides is 3. The quantitative estimate of drug-likeness (QED) is 0.137. The van der Waals surface area contributed by atoms with Crippen LogP contribution in [0.1, 0.15) is 26.2 Å². The summed E-state index contributed by atoms with van der Waals surface area (Å²) >= 11 is 0. The monoisotopic (exact) mass is 504 g/mol. The Morgan fingerprint density at radius 2 is 1.26 bits per heavy atom. The first kappa shape index (κ1) is 32.2. The molecule has 18 heteroatoms. The fraction of sp³-hybridized carbons (Fsp3) is 0.562. The molecule has 0 heterocycles. The lowest BCUT2D eigenvalue weighted by Crippen LogP contribution is -2.56. The predicted molar refractivity (Wildman–Crippen MR) is 101 cm³/mol. The molecule has 0 aromatic rings. The summed E-state index contributed by atoms with van der Waals surface area (Å²) in [5.41, 5.74) is 5.37. The van der Waals surface area contributed by atoms with E-state index in [1.165, 1.54) is 6.92 Å². The van der Waals surface area contributed by atoms with Gasteiger partial charge in [0.1, 0.15) is 18.6 Å². The maximum Gasteiger partial charge on any atom is 0.490 e. The van der Waals surface area contributed by atoms with E-state index in [0.29, 0.717) is 0 Å². The molecule has 194 valence electrons. The van der Waals surface area contributed by atoms with Gasteiger partial charge in [-0.2, -0.15) is 13.2 Å². The SMILES string of the molecule is C[C@H](N)C(=O)N[C@@H](CCC(=O)O)C(=O)N[C@@H](CC(=O)O)C(=O)NCC(=O)O.O=C(O)C(F)(F)F. The Labute approximate surface area is 188 Å². The van der Waals surface area contributed by atoms with Crippen molar-refractivity contribution in [1.82, 2.24) is 16.0 Å². The first-order chi connectivity index (χ1) is 15.4. The van der Waals surface area contributed by atoms with Gasteiger partial charge in [0.2, 0.25) is 17.7 Å². The van der Waals surface area contributed by atoms with Gasteiger partial charge in [0, 0.05) is 6.42 Å². The van der Waals surface area contributed by atoms with Crippen molar-refractivity contribution >= 4 is 41.6 Å². The molecular formula is C16H23F3N4O11. The molecule has 0 aliphatic carbocycles. The second-order valence-electron chi connectivity index (χ2n) is 6.36. The molecule has 0 radical (unpaired) electrons. The molecule has 0 fully saturated rings. The summed E-state index contributed by atoms with van der Waals surface area (Å²) in [6, 6.07) is -4.02. The molecule has 34 heavy (non-hydrogen) atoms. The van der Waals surface area contributed by atoms with E-state index in [9.17, 15) is 41.9 Å². The number of carboxylic acids is 4. The highest BCUT2D eigenvalue weighted by atomic mass is 19.4. The number of alkyl halides is 3. The molecule has 0 bridgehead atoms. The van der Waals surface area contributed by atoms with Gasteiger partial charge in [-0.1, -0.05) is 0 Å². The first-order valence-corrected chi connectivity index (χ1v) is 8.98. The average Bonchev–Trinajstić information content (AvgIpc) is 2.67. The topological polar surface area (TPSA) is 263 Å². The van der Waals surface area contributed by atoms with Crippen LogP contribution >= 0.6 is 0 Å². The zero-order valence-corrected chi connectivity index (χ0v) is 17.4. The van der Waals surface area contributed by atoms with Crippen LogP contribution in [-0.2, 0) is 33.6 Å². The Kier molecular flexibility index (Phi) is 14.2. The maximum atomic E-state index is 12.3. The van der Waals surface area contributed by atoms with Gasteiger partial charge in [-0.3, -0.25) is 28.8 Å². The van der Waals surface area contributed by atoms with Gasteiger partial charge >= 0.3 is 30.1 Å². The Bertz CT molecular complexity index is 787. The van der Waals surface area contributed by atoms with Crippen LogP contribution < -0.4 is 21.7 Å². The molecular weight excluding hydrogens is 481 g/mol. The number of carbonyl (C=O) groups excluding carboxylic acids is 3. The lowest BCUT2D eigenvalue weighted by atomic mass is 10.1. The zero-order valence-electron chi connectivity index (χ0n) is 17.4. The molecule has 3 amide bonds. The van der Waals surface area contributed by atoms with Gasteiger partial charge in [0.15, 0.2) is 0 Å². The van der Waals surface area contributed by atoms with E-state index in [0.717, 1.165) is 0 Å². The normalized spacial score (nSPS) is 13.1. The highest BCUT2D eigenvalue weighted by Gasteiger charge is 2.38. The maximum absolute atomic E-state index is 12.3. The summed E-state index contributed by atoms with van der Waals surface area (Å²) in [5, 5.41) is 39.4. The van der Waals surface area contributed by atoms with Crippen molar-refractivity contribution < 1.29 is 67.2 Å². The third-order valence-corrected chi connectivity index (χ3v) is 3.36. The number of nitrogens with two attached hydrogens (primary N) is 1. The fourth-order valence-corrected chi connectivity index (χ4v) is 1.78. The van der Waals surface area contributed by atoms with E-state index in [4.69, 9.17) is 31.0 Å². The lowest BCUT2D eigenvalue weighted by molar-refractivity contribution is -0.192. The zero-order chi connectivity index (χ0) is 27.2. The molecule has 15 nitrogen and oxygen atoms in total. The summed E-state index contributed by atoms with van der Waals surface area (Å²) in [6.45, 7) is 0.531. The van der Waals surface area contributed by atoms with Crippen molar-refractivity contribution in [1.29, 1.82) is 0 Å². The first-order valence-electron chi connectivity index (χ1n) is 8.98. The lowest BCUT2D eigenvalue weighted by Gasteiger charge is -2.22. The molecule has 0 rings (SSSR count). The summed E-state index contributed by atoms with van der Waals surface area (Å²) in [7, 11) is 0. The van der Waals surface area contributed by atoms with Gasteiger partial charge < -0.3 is 42.1 Å². The minimum atomic E-state index is -5.08. The number of nitrogens with one attached hydrogen (secondary N) is 3. The van der Waals surface area contributed by atoms with Gasteiger partial charge in [0.05, 0.1) is 12.5 Å². The fourth-order valence-electron chi connectivity index (χ4n) is 1.78. The van der Waals surface area contributed by atoms with Crippen LogP contribution in [0, 0.1) is 0 Å². The molecule has 3 atom stereocenters. The van der Waals surface area contributed by atoms with Crippen molar-refractivity contribution in [3.63, 3.8) is 0 Å². The van der Waals surface area contributed by atoms with E-state index in [1.54, 1.807) is 0 Å². The third-order valence-electron chi connectivity index (χ3n) is 3.36. The molecule has 0 saturated heterocycles. The largest absolute Gasteiger partial charge is 0.490 e. The average molecular weight is 504 g/mol. The number of hydrogen-bond acceptors (Lipinski definition) is 8. The van der Waals surface area contributed by atoms with Gasteiger partial charge in [-0.05, 0) is 13.3 Å². The van der Waals surface area contributed by atoms with Gasteiger partial charge in [0.25, 0.3) is 0 Å². The van der Waals surface area contributed by atoms with Crippen molar-refractivity contribution in [2.24, 2.45) is 5.73 Å². The standard InChI is InChI=1S/C14H22N4O9.C2HF3O2/c1-6(15)12(25)17-7(2-3-9(19)20)14(27)18-8(4-10(21)22)13(26)16-5-11(23)24;3-2(4,5)1(6)7/h6-8H,2-5,15H2,1H3,(H,16,26)(H,17,25)(H,18,27)(H,19,20)(H,21,22)(H,23,24);(H,6,7)/t6-,7-,8-;/m0./s1. The molecule has 0 spiro atoms. The number of hydrogen-bond donors (Lipinski definition) is 8. The van der Waals surface area contributed by atoms with Crippen LogP contribution in [0.4, 0.5) is 13.2 Å². The van der Waals surface area contributed by atoms with Crippen molar-refractivity contribution in [3.05, 3.63) is 0 Å². The van der Waals surface area contributed by atoms with Gasteiger partial charge in [-0.25, -0.2) is 4.79 Å². The van der Waals surface area contributed by atoms with Crippen LogP contribution in [0.5, 0.6) is 0 Å². The number of carbonyl (C=O) groups is 7. The molecule has 9 N–H and O–H groups in total. The third kappa shape index (κ3) is 15.8. The smallest absolute Gasteiger partial charge is 0.481 e.